The Morgan fingerprint density at radius 2 is 1.50 bits per heavy atom. The van der Waals surface area contributed by atoms with Crippen molar-refractivity contribution in [2.75, 3.05) is 4.90 Å². The van der Waals surface area contributed by atoms with Crippen LogP contribution in [0.25, 0.3) is 0 Å². The van der Waals surface area contributed by atoms with E-state index >= 15 is 0 Å². The zero-order chi connectivity index (χ0) is 23.7. The van der Waals surface area contributed by atoms with Crippen molar-refractivity contribution in [2.45, 2.75) is 52.4 Å². The summed E-state index contributed by atoms with van der Waals surface area (Å²) in [5.41, 5.74) is 5.50. The van der Waals surface area contributed by atoms with Crippen molar-refractivity contribution in [3.63, 3.8) is 0 Å². The van der Waals surface area contributed by atoms with Crippen LogP contribution in [-0.4, -0.2) is 17.5 Å². The molecule has 0 aliphatic heterocycles. The standard InChI is InChI=1S/C28H31NO3/c1-19-10-15-24(28(5,6)22-13-11-21(12-14-22)27(2,3)4)25(16-19)29(18-30)23-9-7-8-20(17-23)26(31)32/h7-18H,1-6H3,(H,31,32). The molecule has 4 nitrogen and oxygen atoms in total. The Kier molecular flexibility index (Phi) is 6.27. The van der Waals surface area contributed by atoms with Crippen LogP contribution in [0, 0.1) is 6.92 Å². The lowest BCUT2D eigenvalue weighted by Gasteiger charge is -2.32. The topological polar surface area (TPSA) is 57.6 Å². The van der Waals surface area contributed by atoms with Crippen LogP contribution in [0.5, 0.6) is 0 Å². The summed E-state index contributed by atoms with van der Waals surface area (Å²) in [7, 11) is 0. The summed E-state index contributed by atoms with van der Waals surface area (Å²) in [5, 5.41) is 9.38. The number of carboxylic acid groups (broad SMARTS) is 1. The van der Waals surface area contributed by atoms with E-state index in [2.05, 4.69) is 65.0 Å². The van der Waals surface area contributed by atoms with Crippen molar-refractivity contribution >= 4 is 23.8 Å². The van der Waals surface area contributed by atoms with E-state index < -0.39 is 5.97 Å². The van der Waals surface area contributed by atoms with Gasteiger partial charge in [0, 0.05) is 11.1 Å². The van der Waals surface area contributed by atoms with E-state index in [1.807, 2.05) is 19.1 Å². The van der Waals surface area contributed by atoms with Crippen molar-refractivity contribution in [3.05, 3.63) is 94.5 Å². The fourth-order valence-electron chi connectivity index (χ4n) is 3.96. The Morgan fingerprint density at radius 3 is 2.06 bits per heavy atom. The molecule has 0 unspecified atom stereocenters. The summed E-state index contributed by atoms with van der Waals surface area (Å²) in [5.74, 6) is -1.03. The average Bonchev–Trinajstić information content (AvgIpc) is 2.74. The third-order valence-corrected chi connectivity index (χ3v) is 6.04. The molecule has 0 atom stereocenters. The Morgan fingerprint density at radius 1 is 0.875 bits per heavy atom. The maximum Gasteiger partial charge on any atom is 0.335 e. The second-order valence-corrected chi connectivity index (χ2v) is 9.80. The van der Waals surface area contributed by atoms with Crippen LogP contribution < -0.4 is 4.90 Å². The number of rotatable bonds is 6. The Labute approximate surface area is 190 Å². The molecule has 0 aliphatic rings. The second kappa shape index (κ2) is 8.62. The molecule has 4 heteroatoms. The normalized spacial score (nSPS) is 11.8. The number of benzene rings is 3. The van der Waals surface area contributed by atoms with Crippen molar-refractivity contribution in [1.29, 1.82) is 0 Å². The highest BCUT2D eigenvalue weighted by atomic mass is 16.4. The molecule has 0 aromatic heterocycles. The number of aryl methyl sites for hydroxylation is 1. The lowest BCUT2D eigenvalue weighted by molar-refractivity contribution is -0.106. The summed E-state index contributed by atoms with van der Waals surface area (Å²) >= 11 is 0. The number of anilines is 2. The van der Waals surface area contributed by atoms with Gasteiger partial charge in [-0.2, -0.15) is 0 Å². The molecule has 0 fully saturated rings. The molecule has 1 amide bonds. The van der Waals surface area contributed by atoms with E-state index in [0.29, 0.717) is 5.69 Å². The van der Waals surface area contributed by atoms with Gasteiger partial charge in [0.15, 0.2) is 0 Å². The van der Waals surface area contributed by atoms with Gasteiger partial charge in [0.25, 0.3) is 0 Å². The highest BCUT2D eigenvalue weighted by Gasteiger charge is 2.29. The zero-order valence-electron chi connectivity index (χ0n) is 19.6. The monoisotopic (exact) mass is 429 g/mol. The van der Waals surface area contributed by atoms with Gasteiger partial charge in [0.05, 0.1) is 11.3 Å². The Bertz CT molecular complexity index is 1140. The van der Waals surface area contributed by atoms with Gasteiger partial charge in [0.2, 0.25) is 6.41 Å². The van der Waals surface area contributed by atoms with Crippen LogP contribution >= 0.6 is 0 Å². The second-order valence-electron chi connectivity index (χ2n) is 9.80. The summed E-state index contributed by atoms with van der Waals surface area (Å²) in [6, 6.07) is 21.2. The number of hydrogen-bond acceptors (Lipinski definition) is 2. The highest BCUT2D eigenvalue weighted by Crippen LogP contribution is 2.40. The summed E-state index contributed by atoms with van der Waals surface area (Å²) in [6.07, 6.45) is 0.748. The molecule has 32 heavy (non-hydrogen) atoms. The molecule has 3 aromatic carbocycles. The van der Waals surface area contributed by atoms with Crippen molar-refractivity contribution in [1.82, 2.24) is 0 Å². The van der Waals surface area contributed by atoms with Gasteiger partial charge in [-0.05, 0) is 58.9 Å². The molecular weight excluding hydrogens is 398 g/mol. The molecule has 3 rings (SSSR count). The minimum absolute atomic E-state index is 0.0706. The number of hydrogen-bond donors (Lipinski definition) is 1. The predicted molar refractivity (Wildman–Crippen MR) is 130 cm³/mol. The van der Waals surface area contributed by atoms with E-state index in [-0.39, 0.29) is 16.4 Å². The Balaban J connectivity index is 2.13. The first kappa shape index (κ1) is 23.3. The molecular formula is C28H31NO3. The number of carboxylic acids is 1. The molecule has 0 saturated carbocycles. The van der Waals surface area contributed by atoms with Crippen LogP contribution in [0.4, 0.5) is 11.4 Å². The summed E-state index contributed by atoms with van der Waals surface area (Å²) < 4.78 is 0. The van der Waals surface area contributed by atoms with Gasteiger partial charge in [-0.3, -0.25) is 9.69 Å². The van der Waals surface area contributed by atoms with Gasteiger partial charge >= 0.3 is 5.97 Å². The number of nitrogens with zero attached hydrogens (tertiary/aromatic N) is 1. The maximum atomic E-state index is 12.2. The maximum absolute atomic E-state index is 12.2. The molecule has 0 spiro atoms. The van der Waals surface area contributed by atoms with Gasteiger partial charge in [0.1, 0.15) is 0 Å². The van der Waals surface area contributed by atoms with E-state index in [4.69, 9.17) is 0 Å². The first-order valence-corrected chi connectivity index (χ1v) is 10.7. The molecule has 0 saturated heterocycles. The average molecular weight is 430 g/mol. The minimum atomic E-state index is -1.03. The van der Waals surface area contributed by atoms with Gasteiger partial charge in [-0.25, -0.2) is 4.79 Å². The summed E-state index contributed by atoms with van der Waals surface area (Å²) in [6.45, 7) is 12.8. The molecule has 0 bridgehead atoms. The van der Waals surface area contributed by atoms with Crippen LogP contribution in [0.1, 0.15) is 67.2 Å². The third-order valence-electron chi connectivity index (χ3n) is 6.04. The van der Waals surface area contributed by atoms with E-state index in [1.165, 1.54) is 22.6 Å². The summed E-state index contributed by atoms with van der Waals surface area (Å²) in [4.78, 5) is 25.2. The predicted octanol–water partition coefficient (Wildman–Crippen LogP) is 6.61. The SMILES string of the molecule is Cc1ccc(C(C)(C)c2ccc(C(C)(C)C)cc2)c(N(C=O)c2cccc(C(=O)O)c2)c1. The molecule has 166 valence electrons. The Hall–Kier alpha value is -3.40. The molecule has 0 heterocycles. The van der Waals surface area contributed by atoms with E-state index in [1.54, 1.807) is 12.1 Å². The lowest BCUT2D eigenvalue weighted by atomic mass is 9.75. The fraction of sp³-hybridized carbons (Fsp3) is 0.286. The van der Waals surface area contributed by atoms with Crippen LogP contribution in [0.3, 0.4) is 0 Å². The number of carbonyl (C=O) groups excluding carboxylic acids is 1. The first-order chi connectivity index (χ1) is 14.9. The van der Waals surface area contributed by atoms with Gasteiger partial charge in [-0.1, -0.05) is 77.1 Å². The molecule has 0 radical (unpaired) electrons. The fourth-order valence-corrected chi connectivity index (χ4v) is 3.96. The zero-order valence-corrected chi connectivity index (χ0v) is 19.6. The van der Waals surface area contributed by atoms with Crippen LogP contribution in [-0.2, 0) is 15.6 Å². The van der Waals surface area contributed by atoms with Crippen LogP contribution in [0.2, 0.25) is 0 Å². The molecule has 1 N–H and O–H groups in total. The van der Waals surface area contributed by atoms with E-state index in [0.717, 1.165) is 28.8 Å². The third kappa shape index (κ3) is 4.59. The molecule has 0 aliphatic carbocycles. The van der Waals surface area contributed by atoms with Crippen LogP contribution in [0.15, 0.2) is 66.7 Å². The lowest BCUT2D eigenvalue weighted by Crippen LogP contribution is -2.25. The highest BCUT2D eigenvalue weighted by molar-refractivity contribution is 5.93. The number of carbonyl (C=O) groups is 2. The quantitative estimate of drug-likeness (QED) is 0.449. The number of aromatic carboxylic acids is 1. The van der Waals surface area contributed by atoms with Crippen molar-refractivity contribution in [3.8, 4) is 0 Å². The van der Waals surface area contributed by atoms with E-state index in [9.17, 15) is 14.7 Å². The number of amides is 1. The van der Waals surface area contributed by atoms with Crippen molar-refractivity contribution < 1.29 is 14.7 Å². The van der Waals surface area contributed by atoms with Crippen molar-refractivity contribution in [2.24, 2.45) is 0 Å². The first-order valence-electron chi connectivity index (χ1n) is 10.7. The van der Waals surface area contributed by atoms with Gasteiger partial charge in [-0.15, -0.1) is 0 Å². The smallest absolute Gasteiger partial charge is 0.335 e. The largest absolute Gasteiger partial charge is 0.478 e. The minimum Gasteiger partial charge on any atom is -0.478 e. The molecule has 3 aromatic rings. The van der Waals surface area contributed by atoms with Gasteiger partial charge < -0.3 is 5.11 Å².